The van der Waals surface area contributed by atoms with E-state index in [4.69, 9.17) is 0 Å². The van der Waals surface area contributed by atoms with Crippen molar-refractivity contribution >= 4 is 21.7 Å². The molecule has 0 spiro atoms. The van der Waals surface area contributed by atoms with Gasteiger partial charge in [-0.15, -0.1) is 0 Å². The Bertz CT molecular complexity index is 1060. The second kappa shape index (κ2) is 6.92. The summed E-state index contributed by atoms with van der Waals surface area (Å²) in [6.07, 6.45) is 3.06. The predicted molar refractivity (Wildman–Crippen MR) is 112 cm³/mol. The summed E-state index contributed by atoms with van der Waals surface area (Å²) in [7, 11) is 0. The van der Waals surface area contributed by atoms with E-state index < -0.39 is 0 Å². The van der Waals surface area contributed by atoms with Crippen molar-refractivity contribution in [2.75, 3.05) is 0 Å². The molecule has 4 rings (SSSR count). The molecule has 1 nitrogen and oxygen atoms in total. The van der Waals surface area contributed by atoms with Gasteiger partial charge in [0, 0.05) is 11.6 Å². The zero-order valence-electron chi connectivity index (χ0n) is 15.7. The van der Waals surface area contributed by atoms with E-state index in [0.717, 1.165) is 11.9 Å². The van der Waals surface area contributed by atoms with Crippen LogP contribution in [0.15, 0.2) is 72.9 Å². The summed E-state index contributed by atoms with van der Waals surface area (Å²) in [5.41, 5.74) is 5.16. The van der Waals surface area contributed by atoms with E-state index >= 15 is 0 Å². The molecule has 26 heavy (non-hydrogen) atoms. The van der Waals surface area contributed by atoms with Gasteiger partial charge in [-0.2, -0.15) is 0 Å². The van der Waals surface area contributed by atoms with Gasteiger partial charge in [-0.3, -0.25) is 4.98 Å². The second-order valence-corrected chi connectivity index (χ2v) is 7.66. The average molecular weight is 339 g/mol. The lowest BCUT2D eigenvalue weighted by atomic mass is 9.92. The molecule has 0 aliphatic rings. The van der Waals surface area contributed by atoms with Gasteiger partial charge in [-0.1, -0.05) is 75.4 Å². The molecule has 0 aliphatic carbocycles. The van der Waals surface area contributed by atoms with Crippen LogP contribution in [0.4, 0.5) is 0 Å². The first kappa shape index (κ1) is 16.8. The van der Waals surface area contributed by atoms with Crippen molar-refractivity contribution in [1.29, 1.82) is 0 Å². The van der Waals surface area contributed by atoms with Crippen LogP contribution in [0.1, 0.15) is 49.3 Å². The van der Waals surface area contributed by atoms with Crippen molar-refractivity contribution in [2.45, 2.75) is 39.0 Å². The predicted octanol–water partition coefficient (Wildman–Crippen LogP) is 6.86. The van der Waals surface area contributed by atoms with Gasteiger partial charge in [0.1, 0.15) is 0 Å². The van der Waals surface area contributed by atoms with Gasteiger partial charge in [0.2, 0.25) is 0 Å². The van der Waals surface area contributed by atoms with Crippen molar-refractivity contribution in [3.63, 3.8) is 0 Å². The van der Waals surface area contributed by atoms with Crippen LogP contribution in [0.25, 0.3) is 21.7 Å². The number of aromatic nitrogens is 1. The Morgan fingerprint density at radius 1 is 0.731 bits per heavy atom. The highest BCUT2D eigenvalue weighted by molar-refractivity contribution is 5.84. The van der Waals surface area contributed by atoms with E-state index in [1.54, 1.807) is 0 Å². The molecule has 1 heterocycles. The smallest absolute Gasteiger partial charge is 0.0702 e. The van der Waals surface area contributed by atoms with Crippen LogP contribution in [0, 0.1) is 0 Å². The van der Waals surface area contributed by atoms with E-state index in [9.17, 15) is 0 Å². The number of hydrogen-bond acceptors (Lipinski definition) is 1. The fourth-order valence-corrected chi connectivity index (χ4v) is 3.63. The second-order valence-electron chi connectivity index (χ2n) is 7.66. The fraction of sp³-hybridized carbons (Fsp3) is 0.240. The summed E-state index contributed by atoms with van der Waals surface area (Å²) in [5, 5.41) is 3.88. The summed E-state index contributed by atoms with van der Waals surface area (Å²) in [5.74, 6) is 1.01. The van der Waals surface area contributed by atoms with Gasteiger partial charge in [-0.05, 0) is 57.9 Å². The first-order valence-corrected chi connectivity index (χ1v) is 9.47. The van der Waals surface area contributed by atoms with Crippen molar-refractivity contribution in [2.24, 2.45) is 0 Å². The van der Waals surface area contributed by atoms with Gasteiger partial charge in [0.15, 0.2) is 0 Å². The molecule has 0 saturated carbocycles. The first-order chi connectivity index (χ1) is 12.6. The van der Waals surface area contributed by atoms with Crippen molar-refractivity contribution < 1.29 is 0 Å². The summed E-state index contributed by atoms with van der Waals surface area (Å²) >= 11 is 0. The van der Waals surface area contributed by atoms with E-state index in [2.05, 4.69) is 86.4 Å². The van der Waals surface area contributed by atoms with Gasteiger partial charge in [0.25, 0.3) is 0 Å². The maximum absolute atomic E-state index is 4.62. The number of rotatable bonds is 4. The van der Waals surface area contributed by atoms with E-state index in [-0.39, 0.29) is 0 Å². The molecule has 0 fully saturated rings. The van der Waals surface area contributed by atoms with Crippen LogP contribution >= 0.6 is 0 Å². The SMILES string of the molecule is CC(C)c1ccc2cc(CC(C)c3cnc4ccccc4c3)ccc2c1. The number of para-hydroxylation sites is 1. The van der Waals surface area contributed by atoms with Crippen molar-refractivity contribution in [3.05, 3.63) is 89.6 Å². The average Bonchev–Trinajstić information content (AvgIpc) is 2.67. The molecule has 130 valence electrons. The maximum atomic E-state index is 4.62. The molecule has 0 N–H and O–H groups in total. The third kappa shape index (κ3) is 3.35. The summed E-state index contributed by atoms with van der Waals surface area (Å²) in [6.45, 7) is 6.78. The molecule has 1 unspecified atom stereocenters. The Labute approximate surface area is 155 Å². The topological polar surface area (TPSA) is 12.9 Å². The van der Waals surface area contributed by atoms with E-state index in [1.165, 1.54) is 32.8 Å². The normalized spacial score (nSPS) is 12.8. The van der Waals surface area contributed by atoms with Gasteiger partial charge in [-0.25, -0.2) is 0 Å². The van der Waals surface area contributed by atoms with Crippen molar-refractivity contribution in [3.8, 4) is 0 Å². The highest BCUT2D eigenvalue weighted by atomic mass is 14.6. The summed E-state index contributed by atoms with van der Waals surface area (Å²) in [4.78, 5) is 4.62. The molecule has 3 aromatic carbocycles. The molecule has 1 heteroatoms. The van der Waals surface area contributed by atoms with Crippen LogP contribution in [0.2, 0.25) is 0 Å². The van der Waals surface area contributed by atoms with E-state index in [1.807, 2.05) is 12.3 Å². The molecular formula is C25H25N. The van der Waals surface area contributed by atoms with Crippen LogP contribution in [-0.2, 0) is 6.42 Å². The van der Waals surface area contributed by atoms with E-state index in [0.29, 0.717) is 11.8 Å². The minimum Gasteiger partial charge on any atom is -0.256 e. The number of pyridine rings is 1. The Morgan fingerprint density at radius 3 is 2.31 bits per heavy atom. The Morgan fingerprint density at radius 2 is 1.46 bits per heavy atom. The highest BCUT2D eigenvalue weighted by Gasteiger charge is 2.09. The zero-order valence-corrected chi connectivity index (χ0v) is 15.7. The number of benzene rings is 3. The van der Waals surface area contributed by atoms with Crippen LogP contribution in [-0.4, -0.2) is 4.98 Å². The van der Waals surface area contributed by atoms with Crippen LogP contribution < -0.4 is 0 Å². The molecule has 0 bridgehead atoms. The molecule has 1 atom stereocenters. The number of hydrogen-bond donors (Lipinski definition) is 0. The molecule has 0 saturated heterocycles. The summed E-state index contributed by atoms with van der Waals surface area (Å²) < 4.78 is 0. The summed E-state index contributed by atoms with van der Waals surface area (Å²) in [6, 6.07) is 24.3. The zero-order chi connectivity index (χ0) is 18.1. The lowest BCUT2D eigenvalue weighted by molar-refractivity contribution is 0.757. The number of fused-ring (bicyclic) bond motifs is 2. The molecule has 1 aromatic heterocycles. The standard InChI is InChI=1S/C25H25N/c1-17(2)20-10-11-21-13-19(8-9-22(21)14-20)12-18(3)24-15-23-6-4-5-7-25(23)26-16-24/h4-11,13-18H,12H2,1-3H3. The Kier molecular flexibility index (Phi) is 4.46. The molecular weight excluding hydrogens is 314 g/mol. The first-order valence-electron chi connectivity index (χ1n) is 9.47. The monoisotopic (exact) mass is 339 g/mol. The van der Waals surface area contributed by atoms with Gasteiger partial charge in [0.05, 0.1) is 5.52 Å². The largest absolute Gasteiger partial charge is 0.256 e. The van der Waals surface area contributed by atoms with Crippen LogP contribution in [0.5, 0.6) is 0 Å². The highest BCUT2D eigenvalue weighted by Crippen LogP contribution is 2.26. The third-order valence-electron chi connectivity index (χ3n) is 5.32. The lowest BCUT2D eigenvalue weighted by Gasteiger charge is -2.14. The Hall–Kier alpha value is -2.67. The fourth-order valence-electron chi connectivity index (χ4n) is 3.63. The molecule has 0 radical (unpaired) electrons. The van der Waals surface area contributed by atoms with Crippen molar-refractivity contribution in [1.82, 2.24) is 4.98 Å². The number of nitrogens with zero attached hydrogens (tertiary/aromatic N) is 1. The molecule has 4 aromatic rings. The quantitative estimate of drug-likeness (QED) is 0.396. The van der Waals surface area contributed by atoms with Crippen LogP contribution in [0.3, 0.4) is 0 Å². The molecule has 0 amide bonds. The lowest BCUT2D eigenvalue weighted by Crippen LogP contribution is -1.99. The minimum absolute atomic E-state index is 0.444. The maximum Gasteiger partial charge on any atom is 0.0702 e. The minimum atomic E-state index is 0.444. The molecule has 0 aliphatic heterocycles. The Balaban J connectivity index is 1.59. The van der Waals surface area contributed by atoms with Gasteiger partial charge < -0.3 is 0 Å². The third-order valence-corrected chi connectivity index (χ3v) is 5.32. The van der Waals surface area contributed by atoms with Gasteiger partial charge >= 0.3 is 0 Å².